The van der Waals surface area contributed by atoms with Crippen LogP contribution in [0.25, 0.3) is 0 Å². The summed E-state index contributed by atoms with van der Waals surface area (Å²) < 4.78 is 5.50. The molecule has 0 amide bonds. The van der Waals surface area contributed by atoms with Crippen molar-refractivity contribution in [3.63, 3.8) is 0 Å². The van der Waals surface area contributed by atoms with E-state index >= 15 is 0 Å². The summed E-state index contributed by atoms with van der Waals surface area (Å²) in [6.45, 7) is 1.65. The number of aliphatic hydroxyl groups excluding tert-OH is 2. The summed E-state index contributed by atoms with van der Waals surface area (Å²) in [6.07, 6.45) is 19.9. The van der Waals surface area contributed by atoms with Crippen LogP contribution < -0.4 is 21.1 Å². The molecule has 0 bridgehead atoms. The van der Waals surface area contributed by atoms with E-state index < -0.39 is 17.6 Å². The van der Waals surface area contributed by atoms with Crippen molar-refractivity contribution in [3.8, 4) is 23.3 Å². The van der Waals surface area contributed by atoms with Gasteiger partial charge in [0.1, 0.15) is 11.2 Å². The molecular formula is C49H66N4O6. The molecule has 1 aromatic carbocycles. The summed E-state index contributed by atoms with van der Waals surface area (Å²) in [6, 6.07) is 5.96. The number of aromatic hydroxyl groups is 1. The molecule has 3 saturated carbocycles. The molecule has 6 aliphatic rings. The highest BCUT2D eigenvalue weighted by molar-refractivity contribution is 5.89. The summed E-state index contributed by atoms with van der Waals surface area (Å²) in [7, 11) is 1.53. The number of carbonyl (C=O) groups is 2. The number of aryl methyl sites for hydroxylation is 1. The van der Waals surface area contributed by atoms with E-state index in [4.69, 9.17) is 10.5 Å². The fourth-order valence-corrected chi connectivity index (χ4v) is 12.1. The highest BCUT2D eigenvalue weighted by Gasteiger charge is 2.51. The van der Waals surface area contributed by atoms with Gasteiger partial charge >= 0.3 is 0 Å². The van der Waals surface area contributed by atoms with Gasteiger partial charge in [0.25, 0.3) is 0 Å². The summed E-state index contributed by atoms with van der Waals surface area (Å²) in [5, 5.41) is 41.6. The molecular weight excluding hydrogens is 741 g/mol. The Morgan fingerprint density at radius 1 is 1.07 bits per heavy atom. The monoisotopic (exact) mass is 806 g/mol. The second-order valence-electron chi connectivity index (χ2n) is 19.1. The van der Waals surface area contributed by atoms with E-state index in [1.807, 2.05) is 24.5 Å². The number of Topliss-reactive ketones (excluding diaryl/α,β-unsaturated/α-hetero) is 2. The van der Waals surface area contributed by atoms with Gasteiger partial charge in [0.2, 0.25) is 0 Å². The molecule has 2 aromatic rings. The van der Waals surface area contributed by atoms with Crippen LogP contribution in [0.5, 0.6) is 11.5 Å². The number of ether oxygens (including phenoxy) is 1. The van der Waals surface area contributed by atoms with E-state index in [0.29, 0.717) is 99.1 Å². The maximum atomic E-state index is 14.4. The number of carbonyl (C=O) groups excluding carboxylic acids is 2. The second-order valence-corrected chi connectivity index (χ2v) is 19.1. The minimum absolute atomic E-state index is 0.00223. The van der Waals surface area contributed by atoms with Crippen LogP contribution in [0.15, 0.2) is 53.6 Å². The lowest BCUT2D eigenvalue weighted by molar-refractivity contribution is -0.135. The number of nitrogens with one attached hydrogen (secondary N) is 3. The molecule has 2 aliphatic heterocycles. The summed E-state index contributed by atoms with van der Waals surface area (Å²) in [5.74, 6) is 9.52. The maximum Gasteiger partial charge on any atom is 0.160 e. The molecule has 8 rings (SSSR count). The van der Waals surface area contributed by atoms with Gasteiger partial charge in [0.15, 0.2) is 17.3 Å². The Hall–Kier alpha value is -4.04. The van der Waals surface area contributed by atoms with E-state index in [-0.39, 0.29) is 29.3 Å². The van der Waals surface area contributed by atoms with Gasteiger partial charge in [-0.3, -0.25) is 9.59 Å². The van der Waals surface area contributed by atoms with Gasteiger partial charge in [-0.2, -0.15) is 0 Å². The standard InChI is InChI=1S/C49H66N4O6/c1-59-44-23-35-7-11-45(57)49(17-12-31(21-46(49)58)27-48(15-2-3-16-48)38-22-36-6-10-40(55)25-42(36)52-30-38)18-13-33(41(35)26-43(44)56)4-8-39(54)9-5-34-24-47(50)53-29-37(34)20-32-14-19-51-28-32/h14,19,23-24,26,28,31,33,36,38-39,42,46,51-54,56,58H,2-12,15-17,20-22,25,27,29-30,50H2,1H3. The van der Waals surface area contributed by atoms with Crippen LogP contribution in [0.3, 0.4) is 0 Å². The van der Waals surface area contributed by atoms with E-state index in [9.17, 15) is 24.9 Å². The first-order valence-electron chi connectivity index (χ1n) is 22.6. The van der Waals surface area contributed by atoms with Crippen LogP contribution >= 0.6 is 0 Å². The van der Waals surface area contributed by atoms with Crippen molar-refractivity contribution in [2.45, 2.75) is 146 Å². The molecule has 4 aliphatic carbocycles. The van der Waals surface area contributed by atoms with Crippen molar-refractivity contribution in [3.05, 3.63) is 70.3 Å². The van der Waals surface area contributed by atoms with Crippen LogP contribution in [0, 0.1) is 40.4 Å². The largest absolute Gasteiger partial charge is 0.504 e. The number of rotatable bonds is 12. The first-order valence-corrected chi connectivity index (χ1v) is 22.6. The van der Waals surface area contributed by atoms with Crippen LogP contribution in [-0.4, -0.2) is 70.3 Å². The van der Waals surface area contributed by atoms with Gasteiger partial charge in [0, 0.05) is 50.2 Å². The minimum Gasteiger partial charge on any atom is -0.504 e. The summed E-state index contributed by atoms with van der Waals surface area (Å²) in [5.41, 5.74) is 10.7. The summed E-state index contributed by atoms with van der Waals surface area (Å²) >= 11 is 0. The number of aliphatic hydroxyl groups is 2. The fourth-order valence-electron chi connectivity index (χ4n) is 12.1. The predicted octanol–water partition coefficient (Wildman–Crippen LogP) is 6.64. The van der Waals surface area contributed by atoms with E-state index in [1.165, 1.54) is 50.4 Å². The van der Waals surface area contributed by atoms with E-state index in [1.54, 1.807) is 6.07 Å². The number of benzene rings is 1. The average molecular weight is 807 g/mol. The third kappa shape index (κ3) is 9.04. The molecule has 1 spiro atoms. The molecule has 0 radical (unpaired) electrons. The maximum absolute atomic E-state index is 14.4. The SMILES string of the molecule is COc1cc2c(cc1O)C(CCC(O)CCC1=C(Cc3cc[nH]c3)CNC(N)=C1)C#CC1(CCC(CC3(C4CNC5CC(=O)CCC5C4)CCCC3)CC1O)C(=O)CC2. The van der Waals surface area contributed by atoms with Crippen LogP contribution in [-0.2, 0) is 22.4 Å². The Morgan fingerprint density at radius 2 is 1.92 bits per heavy atom. The van der Waals surface area contributed by atoms with Gasteiger partial charge in [-0.25, -0.2) is 0 Å². The number of phenols is 1. The number of aromatic nitrogens is 1. The third-order valence-corrected chi connectivity index (χ3v) is 15.6. The first-order chi connectivity index (χ1) is 28.5. The number of nitrogens with two attached hydrogens (primary N) is 1. The Labute approximate surface area is 350 Å². The zero-order valence-corrected chi connectivity index (χ0v) is 35.0. The van der Waals surface area contributed by atoms with Crippen molar-refractivity contribution < 1.29 is 29.6 Å². The Balaban J connectivity index is 0.977. The lowest BCUT2D eigenvalue weighted by Crippen LogP contribution is -2.53. The van der Waals surface area contributed by atoms with Crippen LogP contribution in [0.2, 0.25) is 0 Å². The van der Waals surface area contributed by atoms with E-state index in [2.05, 4.69) is 33.5 Å². The zero-order chi connectivity index (χ0) is 41.1. The van der Waals surface area contributed by atoms with Crippen LogP contribution in [0.4, 0.5) is 0 Å². The number of ketones is 2. The quantitative estimate of drug-likeness (QED) is 0.116. The third-order valence-electron chi connectivity index (χ3n) is 15.6. The molecule has 8 unspecified atom stereocenters. The molecule has 10 nitrogen and oxygen atoms in total. The average Bonchev–Trinajstić information content (AvgIpc) is 3.94. The number of methoxy groups -OCH3 is 1. The zero-order valence-electron chi connectivity index (χ0n) is 35.0. The number of dihydropyridines is 1. The molecule has 3 heterocycles. The number of H-pyrrole nitrogens is 1. The first kappa shape index (κ1) is 41.7. The number of allylic oxidation sites excluding steroid dienone is 2. The van der Waals surface area contributed by atoms with Gasteiger partial charge in [0.05, 0.1) is 25.1 Å². The lowest BCUT2D eigenvalue weighted by atomic mass is 9.58. The Bertz CT molecular complexity index is 1970. The predicted molar refractivity (Wildman–Crippen MR) is 228 cm³/mol. The van der Waals surface area contributed by atoms with Crippen molar-refractivity contribution >= 4 is 11.6 Å². The molecule has 8 N–H and O–H groups in total. The molecule has 1 saturated heterocycles. The van der Waals surface area contributed by atoms with Crippen molar-refractivity contribution in [2.24, 2.45) is 34.3 Å². The van der Waals surface area contributed by atoms with Gasteiger partial charge in [-0.15, -0.1) is 0 Å². The number of fused-ring (bicyclic) bond motifs is 2. The van der Waals surface area contributed by atoms with Gasteiger partial charge < -0.3 is 41.4 Å². The number of hydrogen-bond acceptors (Lipinski definition) is 9. The lowest BCUT2D eigenvalue weighted by Gasteiger charge is -2.49. The Morgan fingerprint density at radius 3 is 2.69 bits per heavy atom. The number of phenolic OH excluding ortho intramolecular Hbond substituents is 1. The molecule has 8 atom stereocenters. The number of hydrogen-bond donors (Lipinski definition) is 7. The second kappa shape index (κ2) is 17.9. The smallest absolute Gasteiger partial charge is 0.160 e. The van der Waals surface area contributed by atoms with Crippen molar-refractivity contribution in [1.82, 2.24) is 15.6 Å². The van der Waals surface area contributed by atoms with Crippen molar-refractivity contribution in [2.75, 3.05) is 20.2 Å². The summed E-state index contributed by atoms with van der Waals surface area (Å²) in [4.78, 5) is 29.7. The van der Waals surface area contributed by atoms with Crippen LogP contribution in [0.1, 0.15) is 132 Å². The van der Waals surface area contributed by atoms with E-state index in [0.717, 1.165) is 55.3 Å². The molecule has 10 heteroatoms. The molecule has 4 fully saturated rings. The topological polar surface area (TPSA) is 170 Å². The highest BCUT2D eigenvalue weighted by Crippen LogP contribution is 2.55. The molecule has 318 valence electrons. The highest BCUT2D eigenvalue weighted by atomic mass is 16.5. The normalized spacial score (nSPS) is 31.1. The van der Waals surface area contributed by atoms with Gasteiger partial charge in [-0.05, 0) is 172 Å². The number of aromatic amines is 1. The molecule has 1 aromatic heterocycles. The fraction of sp³-hybridized carbons (Fsp3) is 0.633. The molecule has 59 heavy (non-hydrogen) atoms. The Kier molecular flexibility index (Phi) is 12.6. The van der Waals surface area contributed by atoms with Gasteiger partial charge in [-0.1, -0.05) is 24.7 Å². The number of piperidine rings is 1. The van der Waals surface area contributed by atoms with Crippen molar-refractivity contribution in [1.29, 1.82) is 0 Å². The minimum atomic E-state index is -1.14.